The van der Waals surface area contributed by atoms with Crippen molar-refractivity contribution in [3.8, 4) is 0 Å². The summed E-state index contributed by atoms with van der Waals surface area (Å²) in [5, 5.41) is 0.690. The second-order valence-corrected chi connectivity index (χ2v) is 8.46. The van der Waals surface area contributed by atoms with Crippen molar-refractivity contribution in [3.63, 3.8) is 0 Å². The van der Waals surface area contributed by atoms with Gasteiger partial charge in [0.15, 0.2) is 15.7 Å². The van der Waals surface area contributed by atoms with E-state index in [0.717, 1.165) is 6.54 Å². The fourth-order valence-corrected chi connectivity index (χ4v) is 5.11. The van der Waals surface area contributed by atoms with E-state index in [2.05, 4.69) is 4.37 Å². The molecule has 5 nitrogen and oxygen atoms in total. The molecule has 20 heavy (non-hydrogen) atoms. The molecule has 1 fully saturated rings. The average molecular weight is 317 g/mol. The van der Waals surface area contributed by atoms with Crippen LogP contribution in [-0.4, -0.2) is 32.1 Å². The van der Waals surface area contributed by atoms with Crippen molar-refractivity contribution < 1.29 is 8.42 Å². The summed E-state index contributed by atoms with van der Waals surface area (Å²) in [7, 11) is -1.38. The van der Waals surface area contributed by atoms with Crippen LogP contribution in [0.25, 0.3) is 0 Å². The van der Waals surface area contributed by atoms with Gasteiger partial charge in [-0.15, -0.1) is 0 Å². The molecule has 1 saturated carbocycles. The molecular formula is C13H23N3O2S2. The Hall–Kier alpha value is -0.820. The number of hydrogen-bond acceptors (Lipinski definition) is 6. The van der Waals surface area contributed by atoms with Gasteiger partial charge in [0.25, 0.3) is 0 Å². The maximum absolute atomic E-state index is 12.2. The predicted molar refractivity (Wildman–Crippen MR) is 84.1 cm³/mol. The van der Waals surface area contributed by atoms with Gasteiger partial charge < -0.3 is 10.6 Å². The Labute approximate surface area is 125 Å². The molecule has 0 unspecified atom stereocenters. The van der Waals surface area contributed by atoms with E-state index in [1.54, 1.807) is 6.92 Å². The molecule has 1 heterocycles. The fraction of sp³-hybridized carbons (Fsp3) is 0.769. The first-order chi connectivity index (χ1) is 9.45. The van der Waals surface area contributed by atoms with Crippen LogP contribution in [-0.2, 0) is 9.84 Å². The first-order valence-electron chi connectivity index (χ1n) is 7.14. The minimum atomic E-state index is -3.32. The third-order valence-corrected chi connectivity index (χ3v) is 6.84. The topological polar surface area (TPSA) is 76.3 Å². The summed E-state index contributed by atoms with van der Waals surface area (Å²) in [6.07, 6.45) is 6.35. The van der Waals surface area contributed by atoms with Crippen molar-refractivity contribution in [3.05, 3.63) is 0 Å². The van der Waals surface area contributed by atoms with Crippen LogP contribution in [0.3, 0.4) is 0 Å². The van der Waals surface area contributed by atoms with Crippen LogP contribution in [0.2, 0.25) is 0 Å². The van der Waals surface area contributed by atoms with Gasteiger partial charge in [-0.2, -0.15) is 4.37 Å². The molecule has 2 rings (SSSR count). The number of rotatable bonds is 5. The van der Waals surface area contributed by atoms with E-state index in [4.69, 9.17) is 5.73 Å². The smallest absolute Gasteiger partial charge is 0.184 e. The Balaban J connectivity index is 2.20. The van der Waals surface area contributed by atoms with E-state index in [1.807, 2.05) is 11.9 Å². The van der Waals surface area contributed by atoms with Crippen molar-refractivity contribution in [2.45, 2.75) is 43.9 Å². The van der Waals surface area contributed by atoms with Gasteiger partial charge in [-0.25, -0.2) is 8.42 Å². The Bertz CT molecular complexity index is 548. The molecule has 1 aliphatic rings. The zero-order valence-electron chi connectivity index (χ0n) is 12.1. The summed E-state index contributed by atoms with van der Waals surface area (Å²) in [6.45, 7) is 2.52. The van der Waals surface area contributed by atoms with Crippen LogP contribution in [0.15, 0.2) is 4.90 Å². The SMILES string of the molecule is CCS(=O)(=O)c1c(N)nsc1N(C)CC1CCCCC1. The minimum Gasteiger partial charge on any atom is -0.382 e. The van der Waals surface area contributed by atoms with Crippen LogP contribution in [0.1, 0.15) is 39.0 Å². The summed E-state index contributed by atoms with van der Waals surface area (Å²) < 4.78 is 28.4. The normalized spacial score (nSPS) is 17.3. The monoisotopic (exact) mass is 317 g/mol. The van der Waals surface area contributed by atoms with Gasteiger partial charge in [0.1, 0.15) is 9.90 Å². The van der Waals surface area contributed by atoms with Gasteiger partial charge in [-0.3, -0.25) is 0 Å². The maximum Gasteiger partial charge on any atom is 0.184 e. The van der Waals surface area contributed by atoms with Crippen molar-refractivity contribution in [1.29, 1.82) is 0 Å². The number of aromatic nitrogens is 1. The van der Waals surface area contributed by atoms with Crippen molar-refractivity contribution in [1.82, 2.24) is 4.37 Å². The Morgan fingerprint density at radius 3 is 2.60 bits per heavy atom. The molecule has 1 aromatic rings. The molecule has 7 heteroatoms. The number of anilines is 2. The van der Waals surface area contributed by atoms with Crippen LogP contribution in [0, 0.1) is 5.92 Å². The molecule has 0 atom stereocenters. The summed E-state index contributed by atoms with van der Waals surface area (Å²) in [5.41, 5.74) is 5.77. The standard InChI is InChI=1S/C13H23N3O2S2/c1-3-20(17,18)11-12(14)15-19-13(11)16(2)9-10-7-5-4-6-8-10/h10H,3-9H2,1-2H3,(H2,14,15). The third kappa shape index (κ3) is 3.25. The van der Waals surface area contributed by atoms with Gasteiger partial charge in [-0.05, 0) is 30.3 Å². The van der Waals surface area contributed by atoms with Crippen molar-refractivity contribution >= 4 is 32.2 Å². The highest BCUT2D eigenvalue weighted by Gasteiger charge is 2.27. The van der Waals surface area contributed by atoms with Crippen LogP contribution in [0.5, 0.6) is 0 Å². The van der Waals surface area contributed by atoms with E-state index in [-0.39, 0.29) is 16.5 Å². The molecule has 0 bridgehead atoms. The Morgan fingerprint density at radius 2 is 2.00 bits per heavy atom. The summed E-state index contributed by atoms with van der Waals surface area (Å²) >= 11 is 1.19. The van der Waals surface area contributed by atoms with E-state index in [9.17, 15) is 8.42 Å². The third-order valence-electron chi connectivity index (χ3n) is 3.95. The second-order valence-electron chi connectivity index (χ2n) is 5.49. The zero-order chi connectivity index (χ0) is 14.8. The molecule has 0 aromatic carbocycles. The second kappa shape index (κ2) is 6.30. The molecule has 0 spiro atoms. The Morgan fingerprint density at radius 1 is 1.35 bits per heavy atom. The average Bonchev–Trinajstić information content (AvgIpc) is 2.82. The van der Waals surface area contributed by atoms with Crippen LogP contribution in [0.4, 0.5) is 10.8 Å². The maximum atomic E-state index is 12.2. The summed E-state index contributed by atoms with van der Waals surface area (Å²) in [4.78, 5) is 2.25. The molecule has 2 N–H and O–H groups in total. The van der Waals surface area contributed by atoms with Crippen LogP contribution < -0.4 is 10.6 Å². The molecule has 1 aliphatic carbocycles. The number of nitrogens with zero attached hydrogens (tertiary/aromatic N) is 2. The van der Waals surface area contributed by atoms with E-state index >= 15 is 0 Å². The molecule has 1 aromatic heterocycles. The van der Waals surface area contributed by atoms with Gasteiger partial charge in [0.2, 0.25) is 0 Å². The lowest BCUT2D eigenvalue weighted by atomic mass is 9.89. The number of nitrogens with two attached hydrogens (primary N) is 1. The van der Waals surface area contributed by atoms with E-state index in [1.165, 1.54) is 43.6 Å². The van der Waals surface area contributed by atoms with E-state index in [0.29, 0.717) is 10.9 Å². The molecule has 114 valence electrons. The highest BCUT2D eigenvalue weighted by Crippen LogP contribution is 2.36. The molecular weight excluding hydrogens is 294 g/mol. The predicted octanol–water partition coefficient (Wildman–Crippen LogP) is 2.54. The Kier molecular flexibility index (Phi) is 4.90. The van der Waals surface area contributed by atoms with E-state index < -0.39 is 9.84 Å². The number of sulfone groups is 1. The fourth-order valence-electron chi connectivity index (χ4n) is 2.80. The molecule has 0 amide bonds. The zero-order valence-corrected chi connectivity index (χ0v) is 13.8. The number of hydrogen-bond donors (Lipinski definition) is 1. The molecule has 0 radical (unpaired) electrons. The quantitative estimate of drug-likeness (QED) is 0.903. The van der Waals surface area contributed by atoms with Gasteiger partial charge in [-0.1, -0.05) is 26.2 Å². The lowest BCUT2D eigenvalue weighted by Gasteiger charge is -2.27. The van der Waals surface area contributed by atoms with Gasteiger partial charge in [0.05, 0.1) is 5.75 Å². The van der Waals surface area contributed by atoms with Crippen molar-refractivity contribution in [2.24, 2.45) is 5.92 Å². The first-order valence-corrected chi connectivity index (χ1v) is 9.57. The van der Waals surface area contributed by atoms with Crippen LogP contribution >= 0.6 is 11.5 Å². The van der Waals surface area contributed by atoms with Gasteiger partial charge in [0, 0.05) is 13.6 Å². The highest BCUT2D eigenvalue weighted by atomic mass is 32.2. The molecule has 0 aliphatic heterocycles. The lowest BCUT2D eigenvalue weighted by Crippen LogP contribution is -2.27. The highest BCUT2D eigenvalue weighted by molar-refractivity contribution is 7.91. The first kappa shape index (κ1) is 15.6. The largest absolute Gasteiger partial charge is 0.382 e. The van der Waals surface area contributed by atoms with Gasteiger partial charge >= 0.3 is 0 Å². The lowest BCUT2D eigenvalue weighted by molar-refractivity contribution is 0.362. The summed E-state index contributed by atoms with van der Waals surface area (Å²) in [6, 6.07) is 0. The number of nitrogen functional groups attached to an aromatic ring is 1. The molecule has 0 saturated heterocycles. The minimum absolute atomic E-state index is 0.0554. The summed E-state index contributed by atoms with van der Waals surface area (Å²) in [5.74, 6) is 0.844. The van der Waals surface area contributed by atoms with Crippen molar-refractivity contribution in [2.75, 3.05) is 30.0 Å².